The van der Waals surface area contributed by atoms with Crippen molar-refractivity contribution < 1.29 is 9.53 Å². The van der Waals surface area contributed by atoms with E-state index in [-0.39, 0.29) is 5.41 Å². The number of Topliss-reactive ketones (excluding diaryl/α,β-unsaturated/α-hetero) is 1. The van der Waals surface area contributed by atoms with Crippen LogP contribution < -0.4 is 0 Å². The molecule has 1 aromatic rings. The van der Waals surface area contributed by atoms with Crippen molar-refractivity contribution in [3.63, 3.8) is 0 Å². The molecule has 0 radical (unpaired) electrons. The topological polar surface area (TPSA) is 26.3 Å². The molecule has 1 aromatic carbocycles. The van der Waals surface area contributed by atoms with E-state index in [1.165, 1.54) is 18.4 Å². The van der Waals surface area contributed by atoms with Crippen LogP contribution in [0.4, 0.5) is 0 Å². The average molecular weight is 244 g/mol. The molecule has 0 heterocycles. The van der Waals surface area contributed by atoms with Crippen LogP contribution in [0.15, 0.2) is 24.3 Å². The fourth-order valence-electron chi connectivity index (χ4n) is 3.94. The highest BCUT2D eigenvalue weighted by Crippen LogP contribution is 2.56. The second-order valence-electron chi connectivity index (χ2n) is 5.61. The molecule has 0 bridgehead atoms. The Morgan fingerprint density at radius 1 is 1.33 bits per heavy atom. The predicted octanol–water partition coefficient (Wildman–Crippen LogP) is 3.56. The Kier molecular flexibility index (Phi) is 2.98. The van der Waals surface area contributed by atoms with E-state index in [1.54, 1.807) is 7.11 Å². The minimum atomic E-state index is -0.155. The second-order valence-corrected chi connectivity index (χ2v) is 5.61. The van der Waals surface area contributed by atoms with Gasteiger partial charge in [-0.3, -0.25) is 4.79 Å². The van der Waals surface area contributed by atoms with E-state index in [9.17, 15) is 4.79 Å². The minimum Gasteiger partial charge on any atom is -0.385 e. The van der Waals surface area contributed by atoms with Crippen molar-refractivity contribution >= 4 is 5.78 Å². The van der Waals surface area contributed by atoms with E-state index < -0.39 is 0 Å². The molecular weight excluding hydrogens is 224 g/mol. The van der Waals surface area contributed by atoms with Crippen LogP contribution in [0.2, 0.25) is 0 Å². The number of ether oxygens (including phenoxy) is 1. The first kappa shape index (κ1) is 11.9. The van der Waals surface area contributed by atoms with E-state index >= 15 is 0 Å². The van der Waals surface area contributed by atoms with Crippen LogP contribution in [0.5, 0.6) is 0 Å². The molecule has 2 nitrogen and oxygen atoms in total. The lowest BCUT2D eigenvalue weighted by Gasteiger charge is -2.38. The highest BCUT2D eigenvalue weighted by molar-refractivity contribution is 6.06. The van der Waals surface area contributed by atoms with Gasteiger partial charge < -0.3 is 4.74 Å². The van der Waals surface area contributed by atoms with Crippen LogP contribution in [0.1, 0.15) is 53.9 Å². The Bertz CT molecular complexity index is 466. The Labute approximate surface area is 108 Å². The largest absolute Gasteiger partial charge is 0.385 e. The van der Waals surface area contributed by atoms with Crippen LogP contribution >= 0.6 is 0 Å². The second kappa shape index (κ2) is 4.51. The number of hydrogen-bond donors (Lipinski definition) is 0. The Hall–Kier alpha value is -1.15. The van der Waals surface area contributed by atoms with Gasteiger partial charge in [-0.15, -0.1) is 0 Å². The standard InChI is InChI=1S/C16H20O2/c1-18-11-10-16-9-5-4-8-14(16)12-6-2-3-7-13(12)15(16)17/h2-3,6-7,14H,4-5,8-11H2,1H3/t14-,16+/m0/s1. The smallest absolute Gasteiger partial charge is 0.169 e. The summed E-state index contributed by atoms with van der Waals surface area (Å²) in [5, 5.41) is 0. The normalized spacial score (nSPS) is 30.1. The quantitative estimate of drug-likeness (QED) is 0.812. The van der Waals surface area contributed by atoms with Crippen molar-refractivity contribution in [3.05, 3.63) is 35.4 Å². The summed E-state index contributed by atoms with van der Waals surface area (Å²) in [6.07, 6.45) is 5.50. The van der Waals surface area contributed by atoms with Crippen molar-refractivity contribution in [1.82, 2.24) is 0 Å². The molecule has 0 amide bonds. The summed E-state index contributed by atoms with van der Waals surface area (Å²) in [4.78, 5) is 12.8. The van der Waals surface area contributed by atoms with E-state index in [0.29, 0.717) is 18.3 Å². The van der Waals surface area contributed by atoms with Gasteiger partial charge in [-0.1, -0.05) is 37.1 Å². The van der Waals surface area contributed by atoms with Gasteiger partial charge in [0.1, 0.15) is 0 Å². The highest BCUT2D eigenvalue weighted by atomic mass is 16.5. The van der Waals surface area contributed by atoms with Crippen molar-refractivity contribution in [1.29, 1.82) is 0 Å². The zero-order valence-electron chi connectivity index (χ0n) is 10.9. The van der Waals surface area contributed by atoms with Crippen molar-refractivity contribution in [2.75, 3.05) is 13.7 Å². The maximum Gasteiger partial charge on any atom is 0.169 e. The highest BCUT2D eigenvalue weighted by Gasteiger charge is 2.52. The van der Waals surface area contributed by atoms with Gasteiger partial charge in [0.15, 0.2) is 5.78 Å². The molecule has 2 heteroatoms. The molecule has 2 aliphatic rings. The Morgan fingerprint density at radius 2 is 2.17 bits per heavy atom. The molecule has 0 saturated heterocycles. The lowest BCUT2D eigenvalue weighted by atomic mass is 9.64. The number of hydrogen-bond acceptors (Lipinski definition) is 2. The van der Waals surface area contributed by atoms with Gasteiger partial charge in [-0.2, -0.15) is 0 Å². The van der Waals surface area contributed by atoms with Gasteiger partial charge in [0.2, 0.25) is 0 Å². The first-order chi connectivity index (χ1) is 8.79. The van der Waals surface area contributed by atoms with Crippen LogP contribution in [-0.2, 0) is 4.74 Å². The monoisotopic (exact) mass is 244 g/mol. The van der Waals surface area contributed by atoms with Crippen molar-refractivity contribution in [2.45, 2.75) is 38.0 Å². The van der Waals surface area contributed by atoms with E-state index in [2.05, 4.69) is 12.1 Å². The van der Waals surface area contributed by atoms with Crippen molar-refractivity contribution in [3.8, 4) is 0 Å². The zero-order chi connectivity index (χ0) is 12.6. The number of ketones is 1. The van der Waals surface area contributed by atoms with Crippen molar-refractivity contribution in [2.24, 2.45) is 5.41 Å². The molecule has 1 fully saturated rings. The summed E-state index contributed by atoms with van der Waals surface area (Å²) >= 11 is 0. The number of carbonyl (C=O) groups excluding carboxylic acids is 1. The Balaban J connectivity index is 2.04. The maximum absolute atomic E-state index is 12.8. The summed E-state index contributed by atoms with van der Waals surface area (Å²) in [6.45, 7) is 0.691. The maximum atomic E-state index is 12.8. The molecule has 0 spiro atoms. The fourth-order valence-corrected chi connectivity index (χ4v) is 3.94. The third kappa shape index (κ3) is 1.55. The van der Waals surface area contributed by atoms with Gasteiger partial charge >= 0.3 is 0 Å². The van der Waals surface area contributed by atoms with Gasteiger partial charge in [0.25, 0.3) is 0 Å². The third-order valence-electron chi connectivity index (χ3n) is 4.82. The lowest BCUT2D eigenvalue weighted by Crippen LogP contribution is -2.35. The first-order valence-electron chi connectivity index (χ1n) is 6.92. The SMILES string of the molecule is COCC[C@]12CCCC[C@H]1c1ccccc1C2=O. The Morgan fingerprint density at radius 3 is 3.00 bits per heavy atom. The molecule has 2 aliphatic carbocycles. The van der Waals surface area contributed by atoms with Gasteiger partial charge in [-0.25, -0.2) is 0 Å². The van der Waals surface area contributed by atoms with Crippen LogP contribution in [-0.4, -0.2) is 19.5 Å². The van der Waals surface area contributed by atoms with Gasteiger partial charge in [0.05, 0.1) is 0 Å². The van der Waals surface area contributed by atoms with Gasteiger partial charge in [-0.05, 0) is 30.7 Å². The number of rotatable bonds is 3. The number of methoxy groups -OCH3 is 1. The molecule has 2 atom stereocenters. The summed E-state index contributed by atoms with van der Waals surface area (Å²) in [5.41, 5.74) is 2.11. The summed E-state index contributed by atoms with van der Waals surface area (Å²) in [6, 6.07) is 8.20. The van der Waals surface area contributed by atoms with Gasteiger partial charge in [0, 0.05) is 24.7 Å². The molecule has 18 heavy (non-hydrogen) atoms. The lowest BCUT2D eigenvalue weighted by molar-refractivity contribution is 0.0575. The molecule has 0 N–H and O–H groups in total. The summed E-state index contributed by atoms with van der Waals surface area (Å²) in [5.74, 6) is 0.810. The zero-order valence-corrected chi connectivity index (χ0v) is 10.9. The molecule has 0 aromatic heterocycles. The molecule has 0 aliphatic heterocycles. The molecule has 1 saturated carbocycles. The van der Waals surface area contributed by atoms with Crippen LogP contribution in [0.3, 0.4) is 0 Å². The fraction of sp³-hybridized carbons (Fsp3) is 0.562. The van der Waals surface area contributed by atoms with E-state index in [0.717, 1.165) is 24.8 Å². The predicted molar refractivity (Wildman–Crippen MR) is 70.9 cm³/mol. The average Bonchev–Trinajstić information content (AvgIpc) is 2.68. The third-order valence-corrected chi connectivity index (χ3v) is 4.82. The minimum absolute atomic E-state index is 0.155. The van der Waals surface area contributed by atoms with E-state index in [1.807, 2.05) is 12.1 Å². The summed E-state index contributed by atoms with van der Waals surface area (Å²) < 4.78 is 5.24. The number of benzene rings is 1. The first-order valence-corrected chi connectivity index (χ1v) is 6.92. The van der Waals surface area contributed by atoms with Crippen LogP contribution in [0.25, 0.3) is 0 Å². The molecule has 96 valence electrons. The number of carbonyl (C=O) groups is 1. The van der Waals surface area contributed by atoms with E-state index in [4.69, 9.17) is 4.74 Å². The summed E-state index contributed by atoms with van der Waals surface area (Å²) in [7, 11) is 1.72. The molecular formula is C16H20O2. The number of fused-ring (bicyclic) bond motifs is 3. The molecule has 3 rings (SSSR count). The molecule has 0 unspecified atom stereocenters. The van der Waals surface area contributed by atoms with Crippen LogP contribution in [0, 0.1) is 5.41 Å².